The molecule has 0 atom stereocenters. The minimum atomic E-state index is 0.860. The maximum absolute atomic E-state index is 5.31. The Labute approximate surface area is 119 Å². The average Bonchev–Trinajstić information content (AvgIpc) is 2.39. The molecule has 0 saturated heterocycles. The van der Waals surface area contributed by atoms with Gasteiger partial charge in [0.1, 0.15) is 0 Å². The van der Waals surface area contributed by atoms with Crippen molar-refractivity contribution < 1.29 is 4.74 Å². The van der Waals surface area contributed by atoms with Crippen molar-refractivity contribution in [3.8, 4) is 0 Å². The van der Waals surface area contributed by atoms with Crippen LogP contribution in [0, 0.1) is 0 Å². The van der Waals surface area contributed by atoms with E-state index in [-0.39, 0.29) is 0 Å². The van der Waals surface area contributed by atoms with E-state index in [1.807, 2.05) is 11.8 Å². The monoisotopic (exact) mass is 274 g/mol. The first-order valence-corrected chi connectivity index (χ1v) is 9.22. The molecular formula is C16H34OS. The second-order valence-corrected chi connectivity index (χ2v) is 6.22. The Hall–Kier alpha value is 0.310. The van der Waals surface area contributed by atoms with Gasteiger partial charge in [-0.3, -0.25) is 0 Å². The number of hydrogen-bond donors (Lipinski definition) is 0. The van der Waals surface area contributed by atoms with Crippen LogP contribution in [0.15, 0.2) is 0 Å². The van der Waals surface area contributed by atoms with Gasteiger partial charge in [0.25, 0.3) is 0 Å². The molecule has 0 saturated carbocycles. The summed E-state index contributed by atoms with van der Waals surface area (Å²) in [5, 5.41) is 0. The van der Waals surface area contributed by atoms with Crippen LogP contribution in [0.25, 0.3) is 0 Å². The Kier molecular flexibility index (Phi) is 17.6. The summed E-state index contributed by atoms with van der Waals surface area (Å²) in [6.45, 7) is 6.14. The highest BCUT2D eigenvalue weighted by atomic mass is 32.2. The quantitative estimate of drug-likeness (QED) is 0.355. The van der Waals surface area contributed by atoms with Crippen molar-refractivity contribution in [2.45, 2.75) is 78.1 Å². The van der Waals surface area contributed by atoms with Gasteiger partial charge in [0, 0.05) is 12.4 Å². The standard InChI is InChI=1S/C16H34OS/c1-3-5-6-7-8-9-10-11-12-13-15-18-16-14-17-4-2/h3-16H2,1-2H3. The third-order valence-electron chi connectivity index (χ3n) is 3.22. The molecule has 0 amide bonds. The first-order valence-electron chi connectivity index (χ1n) is 8.07. The van der Waals surface area contributed by atoms with Crippen LogP contribution in [0.2, 0.25) is 0 Å². The molecule has 0 unspecified atom stereocenters. The highest BCUT2D eigenvalue weighted by Crippen LogP contribution is 2.12. The van der Waals surface area contributed by atoms with E-state index in [0.29, 0.717) is 0 Å². The van der Waals surface area contributed by atoms with Crippen LogP contribution in [0.4, 0.5) is 0 Å². The van der Waals surface area contributed by atoms with E-state index < -0.39 is 0 Å². The summed E-state index contributed by atoms with van der Waals surface area (Å²) in [5.41, 5.74) is 0. The molecule has 0 aromatic rings. The molecule has 0 heterocycles. The first kappa shape index (κ1) is 18.3. The fourth-order valence-electron chi connectivity index (χ4n) is 2.06. The van der Waals surface area contributed by atoms with Gasteiger partial charge in [0.05, 0.1) is 6.61 Å². The lowest BCUT2D eigenvalue weighted by atomic mass is 10.1. The van der Waals surface area contributed by atoms with E-state index in [1.165, 1.54) is 75.7 Å². The van der Waals surface area contributed by atoms with Gasteiger partial charge in [-0.2, -0.15) is 11.8 Å². The van der Waals surface area contributed by atoms with Crippen molar-refractivity contribution >= 4 is 11.8 Å². The molecule has 0 aliphatic rings. The Bertz CT molecular complexity index is 123. The number of rotatable bonds is 15. The molecule has 18 heavy (non-hydrogen) atoms. The molecule has 0 N–H and O–H groups in total. The average molecular weight is 275 g/mol. The SMILES string of the molecule is CCCCCCCCCCCCSCCOCC. The lowest BCUT2D eigenvalue weighted by molar-refractivity contribution is 0.164. The van der Waals surface area contributed by atoms with Crippen LogP contribution in [-0.4, -0.2) is 24.7 Å². The van der Waals surface area contributed by atoms with Crippen molar-refractivity contribution in [3.63, 3.8) is 0 Å². The van der Waals surface area contributed by atoms with Crippen molar-refractivity contribution in [2.24, 2.45) is 0 Å². The molecule has 0 rings (SSSR count). The van der Waals surface area contributed by atoms with Gasteiger partial charge >= 0.3 is 0 Å². The minimum absolute atomic E-state index is 0.860. The van der Waals surface area contributed by atoms with E-state index in [1.54, 1.807) is 0 Å². The molecule has 0 fully saturated rings. The molecule has 0 radical (unpaired) electrons. The van der Waals surface area contributed by atoms with Crippen molar-refractivity contribution in [1.29, 1.82) is 0 Å². The lowest BCUT2D eigenvalue weighted by Crippen LogP contribution is -1.96. The normalized spacial score (nSPS) is 11.0. The van der Waals surface area contributed by atoms with Crippen molar-refractivity contribution in [3.05, 3.63) is 0 Å². The number of thioether (sulfide) groups is 1. The van der Waals surface area contributed by atoms with Crippen LogP contribution < -0.4 is 0 Å². The minimum Gasteiger partial charge on any atom is -0.381 e. The molecule has 0 bridgehead atoms. The fourth-order valence-corrected chi connectivity index (χ4v) is 2.90. The van der Waals surface area contributed by atoms with Gasteiger partial charge in [0.15, 0.2) is 0 Å². The van der Waals surface area contributed by atoms with E-state index in [4.69, 9.17) is 4.74 Å². The second kappa shape index (κ2) is 17.3. The van der Waals surface area contributed by atoms with Gasteiger partial charge in [-0.15, -0.1) is 0 Å². The molecule has 0 aliphatic heterocycles. The number of ether oxygens (including phenoxy) is 1. The molecule has 0 aromatic carbocycles. The third kappa shape index (κ3) is 16.3. The zero-order chi connectivity index (χ0) is 13.3. The summed E-state index contributed by atoms with van der Waals surface area (Å²) >= 11 is 2.05. The van der Waals surface area contributed by atoms with E-state index in [0.717, 1.165) is 13.2 Å². The summed E-state index contributed by atoms with van der Waals surface area (Å²) in [6, 6.07) is 0. The van der Waals surface area contributed by atoms with Crippen LogP contribution in [0.1, 0.15) is 78.1 Å². The highest BCUT2D eigenvalue weighted by molar-refractivity contribution is 7.99. The molecule has 110 valence electrons. The summed E-state index contributed by atoms with van der Waals surface area (Å²) in [6.07, 6.45) is 14.3. The Balaban J connectivity index is 2.86. The van der Waals surface area contributed by atoms with Crippen molar-refractivity contribution in [2.75, 3.05) is 24.7 Å². The van der Waals surface area contributed by atoms with Gasteiger partial charge < -0.3 is 4.74 Å². The summed E-state index contributed by atoms with van der Waals surface area (Å²) in [5.74, 6) is 2.49. The van der Waals surface area contributed by atoms with E-state index in [2.05, 4.69) is 13.8 Å². The molecule has 0 spiro atoms. The topological polar surface area (TPSA) is 9.23 Å². The van der Waals surface area contributed by atoms with E-state index in [9.17, 15) is 0 Å². The summed E-state index contributed by atoms with van der Waals surface area (Å²) in [4.78, 5) is 0. The highest BCUT2D eigenvalue weighted by Gasteiger charge is 1.93. The van der Waals surface area contributed by atoms with Crippen LogP contribution >= 0.6 is 11.8 Å². The predicted octanol–water partition coefficient (Wildman–Crippen LogP) is 5.68. The third-order valence-corrected chi connectivity index (χ3v) is 4.25. The smallest absolute Gasteiger partial charge is 0.0556 e. The molecule has 0 aliphatic carbocycles. The predicted molar refractivity (Wildman–Crippen MR) is 85.7 cm³/mol. The maximum atomic E-state index is 5.31. The number of unbranched alkanes of at least 4 members (excludes halogenated alkanes) is 9. The largest absolute Gasteiger partial charge is 0.381 e. The lowest BCUT2D eigenvalue weighted by Gasteiger charge is -2.03. The molecule has 1 nitrogen and oxygen atoms in total. The van der Waals surface area contributed by atoms with Crippen LogP contribution in [0.5, 0.6) is 0 Å². The zero-order valence-corrected chi connectivity index (χ0v) is 13.5. The second-order valence-electron chi connectivity index (χ2n) is 4.99. The molecular weight excluding hydrogens is 240 g/mol. The van der Waals surface area contributed by atoms with Crippen molar-refractivity contribution in [1.82, 2.24) is 0 Å². The van der Waals surface area contributed by atoms with Gasteiger partial charge in [-0.05, 0) is 19.1 Å². The van der Waals surface area contributed by atoms with Gasteiger partial charge in [-0.25, -0.2) is 0 Å². The fraction of sp³-hybridized carbons (Fsp3) is 1.00. The Morgan fingerprint density at radius 1 is 0.667 bits per heavy atom. The Morgan fingerprint density at radius 2 is 1.22 bits per heavy atom. The number of hydrogen-bond acceptors (Lipinski definition) is 2. The van der Waals surface area contributed by atoms with Crippen LogP contribution in [0.3, 0.4) is 0 Å². The zero-order valence-electron chi connectivity index (χ0n) is 12.7. The molecule has 2 heteroatoms. The van der Waals surface area contributed by atoms with Gasteiger partial charge in [0.2, 0.25) is 0 Å². The Morgan fingerprint density at radius 3 is 1.78 bits per heavy atom. The van der Waals surface area contributed by atoms with Crippen LogP contribution in [-0.2, 0) is 4.74 Å². The van der Waals surface area contributed by atoms with Gasteiger partial charge in [-0.1, -0.05) is 64.7 Å². The summed E-state index contributed by atoms with van der Waals surface area (Å²) < 4.78 is 5.31. The first-order chi connectivity index (χ1) is 8.91. The molecule has 0 aromatic heterocycles. The maximum Gasteiger partial charge on any atom is 0.0556 e. The van der Waals surface area contributed by atoms with E-state index >= 15 is 0 Å². The summed E-state index contributed by atoms with van der Waals surface area (Å²) in [7, 11) is 0.